The fourth-order valence-electron chi connectivity index (χ4n) is 2.32. The molecule has 1 rings (SSSR count). The monoisotopic (exact) mass is 279 g/mol. The number of amides is 1. The maximum absolute atomic E-state index is 11.5. The first-order chi connectivity index (χ1) is 9.47. The lowest BCUT2D eigenvalue weighted by molar-refractivity contribution is -0.122. The van der Waals surface area contributed by atoms with Gasteiger partial charge in [-0.3, -0.25) is 4.79 Å². The maximum atomic E-state index is 11.5. The topological polar surface area (TPSA) is 61.5 Å². The van der Waals surface area contributed by atoms with Crippen molar-refractivity contribution in [1.29, 1.82) is 0 Å². The molecule has 4 heteroatoms. The van der Waals surface area contributed by atoms with E-state index in [2.05, 4.69) is 13.8 Å². The highest BCUT2D eigenvalue weighted by atomic mass is 16.5. The van der Waals surface area contributed by atoms with Gasteiger partial charge in [0.05, 0.1) is 14.2 Å². The van der Waals surface area contributed by atoms with Gasteiger partial charge in [0.2, 0.25) is 5.91 Å². The summed E-state index contributed by atoms with van der Waals surface area (Å²) in [5.41, 5.74) is 6.59. The number of carbonyl (C=O) groups excluding carboxylic acids is 1. The third-order valence-corrected chi connectivity index (χ3v) is 3.39. The number of ether oxygens (including phenoxy) is 2. The van der Waals surface area contributed by atoms with Crippen LogP contribution in [0.2, 0.25) is 0 Å². The summed E-state index contributed by atoms with van der Waals surface area (Å²) in [7, 11) is 3.23. The van der Waals surface area contributed by atoms with Crippen molar-refractivity contribution in [3.05, 3.63) is 23.8 Å². The lowest BCUT2D eigenvalue weighted by Crippen LogP contribution is -2.25. The van der Waals surface area contributed by atoms with Crippen molar-refractivity contribution in [2.24, 2.45) is 17.6 Å². The predicted molar refractivity (Wildman–Crippen MR) is 80.0 cm³/mol. The molecule has 1 amide bonds. The zero-order valence-corrected chi connectivity index (χ0v) is 12.8. The molecule has 0 spiro atoms. The second-order valence-electron chi connectivity index (χ2n) is 5.46. The maximum Gasteiger partial charge on any atom is 0.220 e. The number of nitrogens with two attached hydrogens (primary N) is 1. The van der Waals surface area contributed by atoms with Crippen LogP contribution in [0, 0.1) is 11.8 Å². The van der Waals surface area contributed by atoms with Gasteiger partial charge >= 0.3 is 0 Å². The molecule has 1 unspecified atom stereocenters. The van der Waals surface area contributed by atoms with E-state index in [-0.39, 0.29) is 11.8 Å². The van der Waals surface area contributed by atoms with Gasteiger partial charge in [0, 0.05) is 5.92 Å². The molecule has 20 heavy (non-hydrogen) atoms. The van der Waals surface area contributed by atoms with Gasteiger partial charge in [0.25, 0.3) is 0 Å². The molecule has 0 saturated heterocycles. The first-order valence-corrected chi connectivity index (χ1v) is 6.98. The Bertz CT molecular complexity index is 443. The molecule has 0 saturated carbocycles. The van der Waals surface area contributed by atoms with Crippen molar-refractivity contribution in [2.45, 2.75) is 33.1 Å². The summed E-state index contributed by atoms with van der Waals surface area (Å²) in [5.74, 6) is 1.62. The minimum Gasteiger partial charge on any atom is -0.493 e. The standard InChI is InChI=1S/C16H25NO3/c1-11(2)9-13(16(17)18)7-5-12-6-8-14(19-3)15(10-12)20-4/h6,8,10-11,13H,5,7,9H2,1-4H3,(H2,17,18). The van der Waals surface area contributed by atoms with Gasteiger partial charge < -0.3 is 15.2 Å². The molecular formula is C16H25NO3. The van der Waals surface area contributed by atoms with Crippen molar-refractivity contribution >= 4 is 5.91 Å². The van der Waals surface area contributed by atoms with Crippen molar-refractivity contribution in [3.63, 3.8) is 0 Å². The normalized spacial score (nSPS) is 12.2. The fourth-order valence-corrected chi connectivity index (χ4v) is 2.32. The van der Waals surface area contributed by atoms with Crippen LogP contribution >= 0.6 is 0 Å². The SMILES string of the molecule is COc1ccc(CCC(CC(C)C)C(N)=O)cc1OC. The van der Waals surface area contributed by atoms with Crippen LogP contribution in [0.1, 0.15) is 32.3 Å². The molecule has 1 aromatic rings. The predicted octanol–water partition coefficient (Wildman–Crippen LogP) is 2.78. The molecule has 0 aromatic heterocycles. The van der Waals surface area contributed by atoms with Gasteiger partial charge in [-0.25, -0.2) is 0 Å². The minimum absolute atomic E-state index is 0.0666. The molecule has 0 heterocycles. The number of rotatable bonds is 8. The summed E-state index contributed by atoms with van der Waals surface area (Å²) in [5, 5.41) is 0. The third kappa shape index (κ3) is 4.76. The van der Waals surface area contributed by atoms with E-state index in [0.29, 0.717) is 17.4 Å². The van der Waals surface area contributed by atoms with E-state index in [1.54, 1.807) is 14.2 Å². The van der Waals surface area contributed by atoms with Gasteiger partial charge in [-0.2, -0.15) is 0 Å². The number of hydrogen-bond donors (Lipinski definition) is 1. The average molecular weight is 279 g/mol. The van der Waals surface area contributed by atoms with Gasteiger partial charge in [-0.1, -0.05) is 19.9 Å². The van der Waals surface area contributed by atoms with E-state index in [1.165, 1.54) is 0 Å². The Hall–Kier alpha value is -1.71. The third-order valence-electron chi connectivity index (χ3n) is 3.39. The van der Waals surface area contributed by atoms with Crippen LogP contribution in [0.4, 0.5) is 0 Å². The Kier molecular flexibility index (Phi) is 6.36. The van der Waals surface area contributed by atoms with E-state index in [1.807, 2.05) is 18.2 Å². The summed E-state index contributed by atoms with van der Waals surface area (Å²) in [6.45, 7) is 4.21. The van der Waals surface area contributed by atoms with Crippen molar-refractivity contribution < 1.29 is 14.3 Å². The molecule has 0 aliphatic rings. The van der Waals surface area contributed by atoms with Crippen molar-refractivity contribution in [1.82, 2.24) is 0 Å². The minimum atomic E-state index is -0.209. The second-order valence-corrected chi connectivity index (χ2v) is 5.46. The van der Waals surface area contributed by atoms with E-state index >= 15 is 0 Å². The highest BCUT2D eigenvalue weighted by molar-refractivity contribution is 5.76. The number of aryl methyl sites for hydroxylation is 1. The van der Waals surface area contributed by atoms with Crippen LogP contribution in [0.5, 0.6) is 11.5 Å². The van der Waals surface area contributed by atoms with Crippen LogP contribution in [-0.2, 0) is 11.2 Å². The Morgan fingerprint density at radius 3 is 2.35 bits per heavy atom. The summed E-state index contributed by atoms with van der Waals surface area (Å²) < 4.78 is 10.5. The average Bonchev–Trinajstić information content (AvgIpc) is 2.42. The lowest BCUT2D eigenvalue weighted by Gasteiger charge is -2.16. The summed E-state index contributed by atoms with van der Waals surface area (Å²) in [6.07, 6.45) is 2.41. The van der Waals surface area contributed by atoms with Crippen molar-refractivity contribution in [2.75, 3.05) is 14.2 Å². The summed E-state index contributed by atoms with van der Waals surface area (Å²) in [4.78, 5) is 11.5. The lowest BCUT2D eigenvalue weighted by atomic mass is 9.91. The molecule has 0 radical (unpaired) electrons. The molecule has 0 aliphatic heterocycles. The molecule has 1 atom stereocenters. The van der Waals surface area contributed by atoms with E-state index in [9.17, 15) is 4.79 Å². The van der Waals surface area contributed by atoms with Crippen LogP contribution in [0.15, 0.2) is 18.2 Å². The van der Waals surface area contributed by atoms with E-state index in [4.69, 9.17) is 15.2 Å². The van der Waals surface area contributed by atoms with E-state index < -0.39 is 0 Å². The molecule has 0 bridgehead atoms. The van der Waals surface area contributed by atoms with Crippen LogP contribution in [0.25, 0.3) is 0 Å². The molecule has 112 valence electrons. The van der Waals surface area contributed by atoms with Crippen LogP contribution in [-0.4, -0.2) is 20.1 Å². The number of primary amides is 1. The highest BCUT2D eigenvalue weighted by Crippen LogP contribution is 2.28. The van der Waals surface area contributed by atoms with Gasteiger partial charge in [0.1, 0.15) is 0 Å². The fraction of sp³-hybridized carbons (Fsp3) is 0.562. The quantitative estimate of drug-likeness (QED) is 0.796. The highest BCUT2D eigenvalue weighted by Gasteiger charge is 2.17. The first-order valence-electron chi connectivity index (χ1n) is 6.98. The Morgan fingerprint density at radius 2 is 1.85 bits per heavy atom. The number of hydrogen-bond acceptors (Lipinski definition) is 3. The molecule has 1 aromatic carbocycles. The Labute approximate surface area is 121 Å². The largest absolute Gasteiger partial charge is 0.493 e. The molecule has 0 fully saturated rings. The van der Waals surface area contributed by atoms with Gasteiger partial charge in [-0.05, 0) is 42.9 Å². The van der Waals surface area contributed by atoms with Gasteiger partial charge in [0.15, 0.2) is 11.5 Å². The summed E-state index contributed by atoms with van der Waals surface area (Å²) >= 11 is 0. The summed E-state index contributed by atoms with van der Waals surface area (Å²) in [6, 6.07) is 5.83. The Balaban J connectivity index is 2.70. The number of methoxy groups -OCH3 is 2. The molecule has 0 aliphatic carbocycles. The van der Waals surface area contributed by atoms with Gasteiger partial charge in [-0.15, -0.1) is 0 Å². The van der Waals surface area contributed by atoms with E-state index in [0.717, 1.165) is 24.8 Å². The molecule has 4 nitrogen and oxygen atoms in total. The Morgan fingerprint density at radius 1 is 1.20 bits per heavy atom. The number of carbonyl (C=O) groups is 1. The first kappa shape index (κ1) is 16.3. The zero-order chi connectivity index (χ0) is 15.1. The second kappa shape index (κ2) is 7.78. The van der Waals surface area contributed by atoms with Crippen LogP contribution in [0.3, 0.4) is 0 Å². The van der Waals surface area contributed by atoms with Crippen LogP contribution < -0.4 is 15.2 Å². The number of benzene rings is 1. The van der Waals surface area contributed by atoms with Crippen molar-refractivity contribution in [3.8, 4) is 11.5 Å². The zero-order valence-electron chi connectivity index (χ0n) is 12.8. The molecular weight excluding hydrogens is 254 g/mol. The molecule has 2 N–H and O–H groups in total. The smallest absolute Gasteiger partial charge is 0.220 e.